The van der Waals surface area contributed by atoms with E-state index in [9.17, 15) is 9.18 Å². The van der Waals surface area contributed by atoms with Crippen molar-refractivity contribution < 1.29 is 9.18 Å². The summed E-state index contributed by atoms with van der Waals surface area (Å²) in [6.45, 7) is 4.41. The number of fused-ring (bicyclic) bond motifs is 3. The number of carbonyl (C=O) groups is 1. The molecule has 0 aliphatic carbocycles. The highest BCUT2D eigenvalue weighted by atomic mass is 19.1. The lowest BCUT2D eigenvalue weighted by molar-refractivity contribution is 0.194. The van der Waals surface area contributed by atoms with Crippen LogP contribution in [0.25, 0.3) is 11.5 Å². The van der Waals surface area contributed by atoms with Crippen LogP contribution in [0.15, 0.2) is 97.2 Å². The summed E-state index contributed by atoms with van der Waals surface area (Å²) in [6.07, 6.45) is 2.72. The van der Waals surface area contributed by atoms with Gasteiger partial charge in [-0.15, -0.1) is 0 Å². The number of hydrogen-bond donors (Lipinski definition) is 1. The summed E-state index contributed by atoms with van der Waals surface area (Å²) >= 11 is 0. The molecule has 190 valence electrons. The summed E-state index contributed by atoms with van der Waals surface area (Å²) in [5.41, 5.74) is 6.36. The van der Waals surface area contributed by atoms with Crippen molar-refractivity contribution >= 4 is 11.7 Å². The summed E-state index contributed by atoms with van der Waals surface area (Å²) < 4.78 is 18.0. The summed E-state index contributed by atoms with van der Waals surface area (Å²) in [5, 5.41) is 8.08. The van der Waals surface area contributed by atoms with Gasteiger partial charge in [0, 0.05) is 17.4 Å². The molecule has 2 aromatic heterocycles. The lowest BCUT2D eigenvalue weighted by atomic mass is 10.0. The van der Waals surface area contributed by atoms with Crippen molar-refractivity contribution in [2.75, 3.05) is 5.32 Å². The van der Waals surface area contributed by atoms with Crippen molar-refractivity contribution in [3.05, 3.63) is 131 Å². The van der Waals surface area contributed by atoms with Gasteiger partial charge < -0.3 is 14.8 Å². The number of aryl methyl sites for hydroxylation is 2. The quantitative estimate of drug-likeness (QED) is 0.292. The van der Waals surface area contributed by atoms with Gasteiger partial charge in [0.05, 0.1) is 29.7 Å². The SMILES string of the molecule is CCc1nn(-c2ccccc2)c2c1CN(C(=O)Nc1cccc(C)c1)[C@@H](c1ccc(F)cc1)c1cccn1-2. The Bertz CT molecular complexity index is 1600. The van der Waals surface area contributed by atoms with Crippen LogP contribution in [-0.4, -0.2) is 25.3 Å². The van der Waals surface area contributed by atoms with Crippen LogP contribution in [0.2, 0.25) is 0 Å². The molecule has 1 aliphatic heterocycles. The van der Waals surface area contributed by atoms with E-state index in [0.29, 0.717) is 13.0 Å². The van der Waals surface area contributed by atoms with E-state index in [2.05, 4.69) is 16.8 Å². The molecule has 1 N–H and O–H groups in total. The van der Waals surface area contributed by atoms with Gasteiger partial charge in [-0.25, -0.2) is 13.9 Å². The van der Waals surface area contributed by atoms with Crippen LogP contribution in [-0.2, 0) is 13.0 Å². The van der Waals surface area contributed by atoms with E-state index in [4.69, 9.17) is 5.10 Å². The number of benzene rings is 3. The maximum Gasteiger partial charge on any atom is 0.322 e. The fourth-order valence-electron chi connectivity index (χ4n) is 5.26. The van der Waals surface area contributed by atoms with E-state index >= 15 is 0 Å². The molecule has 1 aliphatic rings. The van der Waals surface area contributed by atoms with Crippen LogP contribution >= 0.6 is 0 Å². The molecule has 0 bridgehead atoms. The van der Waals surface area contributed by atoms with Crippen molar-refractivity contribution in [1.82, 2.24) is 19.2 Å². The molecule has 6 rings (SSSR count). The first-order valence-corrected chi connectivity index (χ1v) is 12.8. The number of nitrogens with one attached hydrogen (secondary N) is 1. The highest BCUT2D eigenvalue weighted by Crippen LogP contribution is 2.39. The molecule has 0 radical (unpaired) electrons. The van der Waals surface area contributed by atoms with Crippen LogP contribution in [0.4, 0.5) is 14.9 Å². The van der Waals surface area contributed by atoms with Gasteiger partial charge in [0.1, 0.15) is 11.6 Å². The van der Waals surface area contributed by atoms with E-state index in [0.717, 1.165) is 45.3 Å². The lowest BCUT2D eigenvalue weighted by Gasteiger charge is -2.31. The van der Waals surface area contributed by atoms with Gasteiger partial charge in [0.2, 0.25) is 0 Å². The Morgan fingerprint density at radius 1 is 1.00 bits per heavy atom. The van der Waals surface area contributed by atoms with Crippen molar-refractivity contribution in [1.29, 1.82) is 0 Å². The average molecular weight is 506 g/mol. The second-order valence-electron chi connectivity index (χ2n) is 9.53. The number of rotatable bonds is 4. The Labute approximate surface area is 221 Å². The van der Waals surface area contributed by atoms with Crippen LogP contribution in [0.1, 0.15) is 41.0 Å². The summed E-state index contributed by atoms with van der Waals surface area (Å²) in [5.74, 6) is 0.593. The molecule has 7 heteroatoms. The third-order valence-corrected chi connectivity index (χ3v) is 7.02. The Balaban J connectivity index is 1.55. The molecule has 2 amide bonds. The normalized spacial score (nSPS) is 14.5. The predicted octanol–water partition coefficient (Wildman–Crippen LogP) is 6.81. The minimum Gasteiger partial charge on any atom is -0.308 e. The lowest BCUT2D eigenvalue weighted by Crippen LogP contribution is -2.38. The number of anilines is 1. The molecular formula is C31H28FN5O. The number of hydrogen-bond acceptors (Lipinski definition) is 2. The molecule has 0 saturated heterocycles. The van der Waals surface area contributed by atoms with Gasteiger partial charge >= 0.3 is 6.03 Å². The largest absolute Gasteiger partial charge is 0.322 e. The molecule has 0 unspecified atom stereocenters. The van der Waals surface area contributed by atoms with Crippen molar-refractivity contribution in [2.24, 2.45) is 0 Å². The first-order chi connectivity index (χ1) is 18.5. The molecular weight excluding hydrogens is 477 g/mol. The number of urea groups is 1. The fourth-order valence-corrected chi connectivity index (χ4v) is 5.26. The average Bonchev–Trinajstić information content (AvgIpc) is 3.51. The van der Waals surface area contributed by atoms with E-state index in [1.165, 1.54) is 12.1 Å². The molecule has 3 heterocycles. The third-order valence-electron chi connectivity index (χ3n) is 7.02. The van der Waals surface area contributed by atoms with Gasteiger partial charge in [-0.05, 0) is 73.0 Å². The maximum atomic E-state index is 14.0. The Morgan fingerprint density at radius 2 is 1.79 bits per heavy atom. The van der Waals surface area contributed by atoms with Crippen LogP contribution in [0, 0.1) is 12.7 Å². The molecule has 0 fully saturated rings. The van der Waals surface area contributed by atoms with Crippen LogP contribution in [0.3, 0.4) is 0 Å². The number of amides is 2. The molecule has 6 nitrogen and oxygen atoms in total. The topological polar surface area (TPSA) is 55.1 Å². The number of carbonyl (C=O) groups excluding carboxylic acids is 1. The molecule has 0 spiro atoms. The first-order valence-electron chi connectivity index (χ1n) is 12.8. The Hall–Kier alpha value is -4.65. The van der Waals surface area contributed by atoms with Crippen molar-refractivity contribution in [3.63, 3.8) is 0 Å². The minimum absolute atomic E-state index is 0.236. The van der Waals surface area contributed by atoms with Gasteiger partial charge in [-0.3, -0.25) is 0 Å². The first kappa shape index (κ1) is 23.7. The molecule has 0 saturated carbocycles. The van der Waals surface area contributed by atoms with Crippen molar-refractivity contribution in [2.45, 2.75) is 32.9 Å². The van der Waals surface area contributed by atoms with Gasteiger partial charge in [0.15, 0.2) is 0 Å². The number of aromatic nitrogens is 3. The van der Waals surface area contributed by atoms with Gasteiger partial charge in [-0.2, -0.15) is 5.10 Å². The number of halogens is 1. The van der Waals surface area contributed by atoms with Gasteiger partial charge in [0.25, 0.3) is 0 Å². The van der Waals surface area contributed by atoms with E-state index < -0.39 is 6.04 Å². The summed E-state index contributed by atoms with van der Waals surface area (Å²) in [7, 11) is 0. The zero-order valence-corrected chi connectivity index (χ0v) is 21.3. The molecule has 3 aromatic carbocycles. The second-order valence-corrected chi connectivity index (χ2v) is 9.53. The Morgan fingerprint density at radius 3 is 2.53 bits per heavy atom. The van der Waals surface area contributed by atoms with Crippen LogP contribution in [0.5, 0.6) is 0 Å². The smallest absolute Gasteiger partial charge is 0.308 e. The summed E-state index contributed by atoms with van der Waals surface area (Å²) in [6, 6.07) is 27.5. The zero-order valence-electron chi connectivity index (χ0n) is 21.3. The standard InChI is InChI=1S/C31H28FN5O/c1-3-27-26-20-36(31(38)33-24-10-7-9-21(2)19-24)29(22-14-16-23(32)17-15-22)28-13-8-18-35(28)30(26)37(34-27)25-11-5-4-6-12-25/h4-19,29H,3,20H2,1-2H3,(H,33,38)/t29-/m0/s1. The highest BCUT2D eigenvalue weighted by Gasteiger charge is 2.36. The minimum atomic E-state index is -0.447. The number of nitrogens with zero attached hydrogens (tertiary/aromatic N) is 4. The highest BCUT2D eigenvalue weighted by molar-refractivity contribution is 5.90. The molecule has 38 heavy (non-hydrogen) atoms. The fraction of sp³-hybridized carbons (Fsp3) is 0.161. The van der Waals surface area contributed by atoms with Gasteiger partial charge in [-0.1, -0.05) is 49.4 Å². The van der Waals surface area contributed by atoms with E-state index in [1.807, 2.05) is 89.4 Å². The van der Waals surface area contributed by atoms with E-state index in [-0.39, 0.29) is 11.8 Å². The van der Waals surface area contributed by atoms with E-state index in [1.54, 1.807) is 12.1 Å². The molecule has 1 atom stereocenters. The Kier molecular flexibility index (Phi) is 6.04. The predicted molar refractivity (Wildman–Crippen MR) is 146 cm³/mol. The molecule has 5 aromatic rings. The zero-order chi connectivity index (χ0) is 26.2. The summed E-state index contributed by atoms with van der Waals surface area (Å²) in [4.78, 5) is 15.8. The maximum absolute atomic E-state index is 14.0. The van der Waals surface area contributed by atoms with Crippen LogP contribution < -0.4 is 5.32 Å². The second kappa shape index (κ2) is 9.67. The number of para-hydroxylation sites is 1. The monoisotopic (exact) mass is 505 g/mol. The third kappa shape index (κ3) is 4.16. The van der Waals surface area contributed by atoms with Crippen molar-refractivity contribution in [3.8, 4) is 11.5 Å².